The second kappa shape index (κ2) is 4.76. The number of nitrogens with zero attached hydrogens (tertiary/aromatic N) is 2. The first kappa shape index (κ1) is 9.91. The van der Waals surface area contributed by atoms with Crippen LogP contribution in [-0.2, 0) is 11.2 Å². The molecule has 1 aromatic rings. The molecule has 1 heterocycles. The van der Waals surface area contributed by atoms with Gasteiger partial charge in [0, 0.05) is 6.42 Å². The summed E-state index contributed by atoms with van der Waals surface area (Å²) in [5.74, 6) is 0. The fraction of sp³-hybridized carbons (Fsp3) is 0.286. The Balaban J connectivity index is 2.41. The van der Waals surface area contributed by atoms with Crippen LogP contribution in [0.5, 0.6) is 0 Å². The molecule has 0 amide bonds. The van der Waals surface area contributed by atoms with Gasteiger partial charge in [0.2, 0.25) is 0 Å². The molecule has 0 unspecified atom stereocenters. The van der Waals surface area contributed by atoms with Crippen molar-refractivity contribution < 1.29 is 14.6 Å². The monoisotopic (exact) mass is 246 g/mol. The molecule has 1 N–H and O–H groups in total. The molecule has 70 valence electrons. The van der Waals surface area contributed by atoms with Gasteiger partial charge >= 0.3 is 6.16 Å². The number of carboxylic acid groups (broad SMARTS) is 1. The lowest BCUT2D eigenvalue weighted by atomic mass is 10.2. The van der Waals surface area contributed by atoms with Crippen molar-refractivity contribution in [2.45, 2.75) is 6.42 Å². The zero-order valence-corrected chi connectivity index (χ0v) is 8.19. The first-order chi connectivity index (χ1) is 6.18. The lowest BCUT2D eigenvalue weighted by Crippen LogP contribution is -2.04. The third-order valence-electron chi connectivity index (χ3n) is 1.30. The van der Waals surface area contributed by atoms with Gasteiger partial charge < -0.3 is 9.84 Å². The van der Waals surface area contributed by atoms with E-state index >= 15 is 0 Å². The number of ether oxygens (including phenoxy) is 1. The third-order valence-corrected chi connectivity index (χ3v) is 1.69. The van der Waals surface area contributed by atoms with Gasteiger partial charge in [0.25, 0.3) is 0 Å². The van der Waals surface area contributed by atoms with Gasteiger partial charge in [-0.15, -0.1) is 5.10 Å². The molecule has 13 heavy (non-hydrogen) atoms. The Labute approximate surface area is 82.9 Å². The molecular weight excluding hydrogens is 240 g/mol. The predicted octanol–water partition coefficient (Wildman–Crippen LogP) is 1.48. The minimum absolute atomic E-state index is 0.132. The number of hydrogen-bond donors (Lipinski definition) is 1. The van der Waals surface area contributed by atoms with Gasteiger partial charge in [-0.1, -0.05) is 0 Å². The van der Waals surface area contributed by atoms with E-state index < -0.39 is 6.16 Å². The number of rotatable bonds is 3. The van der Waals surface area contributed by atoms with Crippen LogP contribution < -0.4 is 0 Å². The molecule has 0 saturated heterocycles. The van der Waals surface area contributed by atoms with E-state index in [0.717, 1.165) is 5.56 Å². The molecule has 0 bridgehead atoms. The van der Waals surface area contributed by atoms with Crippen LogP contribution in [-0.4, -0.2) is 28.1 Å². The molecule has 0 saturated carbocycles. The van der Waals surface area contributed by atoms with Crippen LogP contribution in [0.4, 0.5) is 4.79 Å². The Morgan fingerprint density at radius 1 is 1.69 bits per heavy atom. The van der Waals surface area contributed by atoms with E-state index in [2.05, 4.69) is 30.9 Å². The van der Waals surface area contributed by atoms with Crippen LogP contribution in [0.25, 0.3) is 0 Å². The molecule has 1 rings (SSSR count). The van der Waals surface area contributed by atoms with Gasteiger partial charge in [-0.05, 0) is 27.6 Å². The quantitative estimate of drug-likeness (QED) is 0.819. The molecule has 0 aromatic carbocycles. The number of aromatic nitrogens is 2. The van der Waals surface area contributed by atoms with Gasteiger partial charge in [-0.25, -0.2) is 4.79 Å². The molecule has 1 aromatic heterocycles. The standard InChI is InChI=1S/C7H7BrN2O3/c8-6-3-5(4-9-10-6)1-2-13-7(11)12/h3-4H,1-2H2,(H,11,12). The summed E-state index contributed by atoms with van der Waals surface area (Å²) >= 11 is 3.15. The van der Waals surface area contributed by atoms with E-state index in [1.807, 2.05) is 0 Å². The first-order valence-electron chi connectivity index (χ1n) is 3.51. The number of halogens is 1. The Hall–Kier alpha value is -1.17. The van der Waals surface area contributed by atoms with E-state index in [-0.39, 0.29) is 6.61 Å². The molecule has 0 fully saturated rings. The summed E-state index contributed by atoms with van der Waals surface area (Å²) in [4.78, 5) is 10.00. The topological polar surface area (TPSA) is 72.3 Å². The molecule has 5 nitrogen and oxygen atoms in total. The molecule has 0 aliphatic rings. The van der Waals surface area contributed by atoms with Crippen LogP contribution in [0.2, 0.25) is 0 Å². The van der Waals surface area contributed by atoms with Gasteiger partial charge in [0.1, 0.15) is 4.60 Å². The highest BCUT2D eigenvalue weighted by Crippen LogP contribution is 2.06. The van der Waals surface area contributed by atoms with Gasteiger partial charge in [-0.3, -0.25) is 0 Å². The maximum Gasteiger partial charge on any atom is 0.505 e. The smallest absolute Gasteiger partial charge is 0.450 e. The Bertz CT molecular complexity index is 306. The van der Waals surface area contributed by atoms with Crippen molar-refractivity contribution in [2.75, 3.05) is 6.61 Å². The van der Waals surface area contributed by atoms with Crippen molar-refractivity contribution in [1.29, 1.82) is 0 Å². The van der Waals surface area contributed by atoms with Gasteiger partial charge in [0.15, 0.2) is 0 Å². The van der Waals surface area contributed by atoms with Crippen LogP contribution in [0.15, 0.2) is 16.9 Å². The lowest BCUT2D eigenvalue weighted by molar-refractivity contribution is 0.0927. The Morgan fingerprint density at radius 2 is 2.46 bits per heavy atom. The average Bonchev–Trinajstić information content (AvgIpc) is 2.03. The second-order valence-corrected chi connectivity index (χ2v) is 3.06. The zero-order valence-electron chi connectivity index (χ0n) is 6.61. The van der Waals surface area contributed by atoms with Crippen LogP contribution in [0.3, 0.4) is 0 Å². The SMILES string of the molecule is O=C(O)OCCc1cnnc(Br)c1. The molecule has 0 atom stereocenters. The number of carbonyl (C=O) groups is 1. The largest absolute Gasteiger partial charge is 0.505 e. The number of hydrogen-bond acceptors (Lipinski definition) is 4. The fourth-order valence-electron chi connectivity index (χ4n) is 0.770. The molecule has 0 radical (unpaired) electrons. The summed E-state index contributed by atoms with van der Waals surface area (Å²) in [6.45, 7) is 0.132. The maximum absolute atomic E-state index is 10.00. The summed E-state index contributed by atoms with van der Waals surface area (Å²) in [7, 11) is 0. The first-order valence-corrected chi connectivity index (χ1v) is 4.30. The third kappa shape index (κ3) is 3.84. The Morgan fingerprint density at radius 3 is 3.08 bits per heavy atom. The van der Waals surface area contributed by atoms with Crippen molar-refractivity contribution in [1.82, 2.24) is 10.2 Å². The highest BCUT2D eigenvalue weighted by Gasteiger charge is 1.99. The minimum atomic E-state index is -1.26. The summed E-state index contributed by atoms with van der Waals surface area (Å²) in [6, 6.07) is 1.76. The van der Waals surface area contributed by atoms with Crippen LogP contribution in [0, 0.1) is 0 Å². The summed E-state index contributed by atoms with van der Waals surface area (Å²) in [5.41, 5.74) is 0.878. The molecule has 6 heteroatoms. The van der Waals surface area contributed by atoms with E-state index in [1.165, 1.54) is 0 Å². The van der Waals surface area contributed by atoms with Crippen molar-refractivity contribution >= 4 is 22.1 Å². The maximum atomic E-state index is 10.00. The molecule has 0 aliphatic carbocycles. The van der Waals surface area contributed by atoms with Gasteiger partial charge in [0.05, 0.1) is 12.8 Å². The van der Waals surface area contributed by atoms with Crippen molar-refractivity contribution in [2.24, 2.45) is 0 Å². The van der Waals surface area contributed by atoms with Crippen LogP contribution in [0.1, 0.15) is 5.56 Å². The lowest BCUT2D eigenvalue weighted by Gasteiger charge is -1.99. The van der Waals surface area contributed by atoms with Gasteiger partial charge in [-0.2, -0.15) is 5.10 Å². The summed E-state index contributed by atoms with van der Waals surface area (Å²) in [5, 5.41) is 15.6. The van der Waals surface area contributed by atoms with E-state index in [0.29, 0.717) is 11.0 Å². The van der Waals surface area contributed by atoms with E-state index in [1.54, 1.807) is 12.3 Å². The zero-order chi connectivity index (χ0) is 9.68. The second-order valence-electron chi connectivity index (χ2n) is 2.25. The summed E-state index contributed by atoms with van der Waals surface area (Å²) < 4.78 is 4.96. The predicted molar refractivity (Wildman–Crippen MR) is 47.4 cm³/mol. The van der Waals surface area contributed by atoms with E-state index in [9.17, 15) is 4.79 Å². The van der Waals surface area contributed by atoms with E-state index in [4.69, 9.17) is 5.11 Å². The minimum Gasteiger partial charge on any atom is -0.450 e. The van der Waals surface area contributed by atoms with Crippen molar-refractivity contribution in [3.05, 3.63) is 22.4 Å². The molecule has 0 aliphatic heterocycles. The highest BCUT2D eigenvalue weighted by molar-refractivity contribution is 9.10. The Kier molecular flexibility index (Phi) is 3.63. The van der Waals surface area contributed by atoms with Crippen molar-refractivity contribution in [3.63, 3.8) is 0 Å². The summed E-state index contributed by atoms with van der Waals surface area (Å²) in [6.07, 6.45) is 0.803. The average molecular weight is 247 g/mol. The highest BCUT2D eigenvalue weighted by atomic mass is 79.9. The molecular formula is C7H7BrN2O3. The van der Waals surface area contributed by atoms with Crippen molar-refractivity contribution in [3.8, 4) is 0 Å². The molecule has 0 spiro atoms. The van der Waals surface area contributed by atoms with Crippen LogP contribution >= 0.6 is 15.9 Å². The fourth-order valence-corrected chi connectivity index (χ4v) is 1.16. The normalized spacial score (nSPS) is 9.62.